The van der Waals surface area contributed by atoms with E-state index in [9.17, 15) is 9.18 Å². The maximum atomic E-state index is 13.4. The molecule has 0 spiro atoms. The summed E-state index contributed by atoms with van der Waals surface area (Å²) in [5.74, 6) is -0.310. The molecule has 174 valence electrons. The van der Waals surface area contributed by atoms with Crippen LogP contribution >= 0.6 is 50.9 Å². The monoisotopic (exact) mass is 578 g/mol. The summed E-state index contributed by atoms with van der Waals surface area (Å²) in [6.07, 6.45) is 1.69. The number of halogens is 4. The van der Waals surface area contributed by atoms with Crippen LogP contribution < -0.4 is 10.1 Å². The Labute approximate surface area is 219 Å². The minimum Gasteiger partial charge on any atom is -0.486 e. The van der Waals surface area contributed by atoms with Gasteiger partial charge in [-0.25, -0.2) is 9.38 Å². The van der Waals surface area contributed by atoms with Gasteiger partial charge in [-0.1, -0.05) is 51.3 Å². The molecule has 1 fully saturated rings. The van der Waals surface area contributed by atoms with E-state index in [1.807, 2.05) is 26.0 Å². The number of carbonyl (C=O) groups is 1. The summed E-state index contributed by atoms with van der Waals surface area (Å²) in [6, 6.07) is 13.3. The molecule has 9 heteroatoms. The zero-order chi connectivity index (χ0) is 24.4. The highest BCUT2D eigenvalue weighted by atomic mass is 79.9. The van der Waals surface area contributed by atoms with Gasteiger partial charge >= 0.3 is 0 Å². The van der Waals surface area contributed by atoms with E-state index in [0.717, 1.165) is 21.3 Å². The highest BCUT2D eigenvalue weighted by Crippen LogP contribution is 2.37. The Morgan fingerprint density at radius 2 is 1.79 bits per heavy atom. The lowest BCUT2D eigenvalue weighted by molar-refractivity contribution is -0.115. The molecule has 34 heavy (non-hydrogen) atoms. The Balaban J connectivity index is 1.52. The second-order valence-electron chi connectivity index (χ2n) is 7.61. The Morgan fingerprint density at radius 3 is 2.44 bits per heavy atom. The second-order valence-corrected chi connectivity index (χ2v) is 10.2. The predicted molar refractivity (Wildman–Crippen MR) is 142 cm³/mol. The lowest BCUT2D eigenvalue weighted by Gasteiger charge is -2.11. The Kier molecular flexibility index (Phi) is 7.67. The molecule has 1 N–H and O–H groups in total. The molecule has 0 bridgehead atoms. The minimum atomic E-state index is -0.346. The second kappa shape index (κ2) is 10.5. The van der Waals surface area contributed by atoms with E-state index in [1.165, 1.54) is 23.9 Å². The number of aryl methyl sites for hydroxylation is 2. The molecule has 0 saturated carbocycles. The van der Waals surface area contributed by atoms with Gasteiger partial charge in [0.1, 0.15) is 12.4 Å². The molecular weight excluding hydrogens is 562 g/mol. The molecule has 1 amide bonds. The largest absolute Gasteiger partial charge is 0.486 e. The zero-order valence-electron chi connectivity index (χ0n) is 18.1. The lowest BCUT2D eigenvalue weighted by atomic mass is 10.1. The maximum Gasteiger partial charge on any atom is 0.264 e. The molecule has 0 radical (unpaired) electrons. The summed E-state index contributed by atoms with van der Waals surface area (Å²) in [5.41, 5.74) is 4.18. The van der Waals surface area contributed by atoms with Crippen molar-refractivity contribution in [3.05, 3.63) is 96.0 Å². The highest BCUT2D eigenvalue weighted by molar-refractivity contribution is 9.10. The summed E-state index contributed by atoms with van der Waals surface area (Å²) in [6.45, 7) is 4.10. The summed E-state index contributed by atoms with van der Waals surface area (Å²) in [7, 11) is 0. The number of nitrogens with one attached hydrogen (secondary N) is 1. The van der Waals surface area contributed by atoms with Crippen LogP contribution in [0.4, 0.5) is 10.1 Å². The fourth-order valence-corrected chi connectivity index (χ4v) is 5.00. The number of thioether (sulfide) groups is 1. The van der Waals surface area contributed by atoms with Crippen molar-refractivity contribution in [3.63, 3.8) is 0 Å². The number of hydrogen-bond acceptors (Lipinski definition) is 4. The predicted octanol–water partition coefficient (Wildman–Crippen LogP) is 7.98. The van der Waals surface area contributed by atoms with Crippen LogP contribution in [-0.2, 0) is 11.4 Å². The molecule has 1 saturated heterocycles. The van der Waals surface area contributed by atoms with Gasteiger partial charge in [-0.05, 0) is 90.3 Å². The molecule has 0 unspecified atom stereocenters. The third-order valence-electron chi connectivity index (χ3n) is 4.89. The van der Waals surface area contributed by atoms with Gasteiger partial charge in [0.2, 0.25) is 0 Å². The fourth-order valence-electron chi connectivity index (χ4n) is 3.32. The molecule has 1 heterocycles. The Morgan fingerprint density at radius 1 is 1.12 bits per heavy atom. The van der Waals surface area contributed by atoms with Crippen molar-refractivity contribution in [1.29, 1.82) is 0 Å². The lowest BCUT2D eigenvalue weighted by Crippen LogP contribution is -2.19. The number of benzene rings is 3. The first-order chi connectivity index (χ1) is 16.2. The Bertz CT molecular complexity index is 1310. The minimum absolute atomic E-state index is 0.116. The van der Waals surface area contributed by atoms with E-state index in [2.05, 4.69) is 26.2 Å². The number of rotatable bonds is 5. The molecule has 4 rings (SSSR count). The fraction of sp³-hybridized carbons (Fsp3) is 0.120. The molecule has 1 aliphatic rings. The number of aliphatic imine (C=N–C) groups is 1. The molecular formula is C25H18BrCl2FN2O2S. The first-order valence-corrected chi connectivity index (χ1v) is 12.5. The van der Waals surface area contributed by atoms with Crippen molar-refractivity contribution in [2.45, 2.75) is 20.5 Å². The van der Waals surface area contributed by atoms with Gasteiger partial charge in [0.25, 0.3) is 5.91 Å². The van der Waals surface area contributed by atoms with Gasteiger partial charge in [-0.2, -0.15) is 0 Å². The normalized spacial score (nSPS) is 15.8. The van der Waals surface area contributed by atoms with Gasteiger partial charge in [-0.3, -0.25) is 4.79 Å². The average molecular weight is 580 g/mol. The topological polar surface area (TPSA) is 50.7 Å². The van der Waals surface area contributed by atoms with Gasteiger partial charge < -0.3 is 10.1 Å². The van der Waals surface area contributed by atoms with E-state index in [4.69, 9.17) is 27.9 Å². The Hall–Kier alpha value is -2.32. The van der Waals surface area contributed by atoms with Gasteiger partial charge in [0, 0.05) is 4.47 Å². The van der Waals surface area contributed by atoms with Crippen LogP contribution in [0.2, 0.25) is 10.0 Å². The number of carbonyl (C=O) groups excluding carboxylic acids is 1. The van der Waals surface area contributed by atoms with Crippen molar-refractivity contribution in [3.8, 4) is 5.75 Å². The van der Waals surface area contributed by atoms with E-state index in [-0.39, 0.29) is 28.4 Å². The first-order valence-electron chi connectivity index (χ1n) is 10.1. The summed E-state index contributed by atoms with van der Waals surface area (Å²) in [5, 5.41) is 3.84. The van der Waals surface area contributed by atoms with Gasteiger partial charge in [0.15, 0.2) is 10.9 Å². The zero-order valence-corrected chi connectivity index (χ0v) is 22.0. The van der Waals surface area contributed by atoms with Crippen LogP contribution in [0.25, 0.3) is 6.08 Å². The molecule has 0 aromatic heterocycles. The third-order valence-corrected chi connectivity index (χ3v) is 7.62. The van der Waals surface area contributed by atoms with Crippen molar-refractivity contribution in [1.82, 2.24) is 5.32 Å². The summed E-state index contributed by atoms with van der Waals surface area (Å²) >= 11 is 17.5. The van der Waals surface area contributed by atoms with Gasteiger partial charge in [-0.15, -0.1) is 0 Å². The van der Waals surface area contributed by atoms with Crippen LogP contribution in [0.5, 0.6) is 5.75 Å². The van der Waals surface area contributed by atoms with Crippen molar-refractivity contribution in [2.75, 3.05) is 0 Å². The number of ether oxygens (including phenoxy) is 1. The van der Waals surface area contributed by atoms with Crippen LogP contribution in [0.15, 0.2) is 62.9 Å². The smallest absolute Gasteiger partial charge is 0.264 e. The SMILES string of the molecule is Cc1cc(N=C2NC(=O)/C(=C/c3cc(Cl)c(OCc4cccc(F)c4)c(Cl)c3)S2)cc(C)c1Br. The van der Waals surface area contributed by atoms with E-state index in [1.54, 1.807) is 30.3 Å². The molecule has 1 aliphatic heterocycles. The number of hydrogen-bond donors (Lipinski definition) is 1. The van der Waals surface area contributed by atoms with Crippen molar-refractivity contribution >= 4 is 73.7 Å². The highest BCUT2D eigenvalue weighted by Gasteiger charge is 2.24. The van der Waals surface area contributed by atoms with Crippen LogP contribution in [0.3, 0.4) is 0 Å². The van der Waals surface area contributed by atoms with Crippen LogP contribution in [-0.4, -0.2) is 11.1 Å². The molecule has 4 nitrogen and oxygen atoms in total. The van der Waals surface area contributed by atoms with E-state index in [0.29, 0.717) is 26.9 Å². The standard InChI is InChI=1S/C25H18BrCl2FN2O2S/c1-13-6-18(7-14(2)22(13)26)30-25-31-24(32)21(34-25)11-16-9-19(27)23(20(28)10-16)33-12-15-4-3-5-17(29)8-15/h3-11H,12H2,1-2H3,(H,30,31,32)/b21-11-. The third kappa shape index (κ3) is 5.84. The average Bonchev–Trinajstić information content (AvgIpc) is 3.09. The van der Waals surface area contributed by atoms with Gasteiger partial charge in [0.05, 0.1) is 20.6 Å². The van der Waals surface area contributed by atoms with Crippen molar-refractivity contribution in [2.24, 2.45) is 4.99 Å². The summed E-state index contributed by atoms with van der Waals surface area (Å²) < 4.78 is 20.1. The quantitative estimate of drug-likeness (QED) is 0.312. The molecule has 0 atom stereocenters. The number of amidine groups is 1. The molecule has 0 aliphatic carbocycles. The van der Waals surface area contributed by atoms with E-state index >= 15 is 0 Å². The summed E-state index contributed by atoms with van der Waals surface area (Å²) in [4.78, 5) is 17.5. The van der Waals surface area contributed by atoms with Crippen LogP contribution in [0.1, 0.15) is 22.3 Å². The number of amides is 1. The van der Waals surface area contributed by atoms with Crippen molar-refractivity contribution < 1.29 is 13.9 Å². The number of nitrogens with zero attached hydrogens (tertiary/aromatic N) is 1. The molecule has 3 aromatic carbocycles. The first kappa shape index (κ1) is 24.8. The maximum absolute atomic E-state index is 13.4. The van der Waals surface area contributed by atoms with Crippen LogP contribution in [0, 0.1) is 19.7 Å². The molecule has 3 aromatic rings. The van der Waals surface area contributed by atoms with E-state index < -0.39 is 0 Å².